The molecule has 2 fully saturated rings. The van der Waals surface area contributed by atoms with Crippen molar-refractivity contribution >= 4 is 11.9 Å². The van der Waals surface area contributed by atoms with Crippen molar-refractivity contribution in [3.05, 3.63) is 71.8 Å². The lowest BCUT2D eigenvalue weighted by molar-refractivity contribution is -0.252. The number of rotatable bonds is 6. The van der Waals surface area contributed by atoms with E-state index in [9.17, 15) is 14.7 Å². The maximum Gasteiger partial charge on any atom is 0.338 e. The second kappa shape index (κ2) is 8.39. The van der Waals surface area contributed by atoms with Crippen LogP contribution in [0.4, 0.5) is 0 Å². The Balaban J connectivity index is 1.50. The number of esters is 2. The number of carbonyl (C=O) groups excluding carboxylic acids is 2. The molecule has 8 nitrogen and oxygen atoms in total. The Labute approximate surface area is 179 Å². The van der Waals surface area contributed by atoms with Crippen LogP contribution >= 0.6 is 0 Å². The first-order valence-electron chi connectivity index (χ1n) is 9.96. The molecule has 0 unspecified atom stereocenters. The monoisotopic (exact) mass is 428 g/mol. The van der Waals surface area contributed by atoms with Gasteiger partial charge in [-0.15, -0.1) is 0 Å². The van der Waals surface area contributed by atoms with Gasteiger partial charge in [-0.05, 0) is 38.1 Å². The van der Waals surface area contributed by atoms with Gasteiger partial charge >= 0.3 is 11.9 Å². The minimum absolute atomic E-state index is 0.347. The van der Waals surface area contributed by atoms with Gasteiger partial charge in [-0.1, -0.05) is 36.4 Å². The Morgan fingerprint density at radius 1 is 0.839 bits per heavy atom. The number of carbonyl (C=O) groups is 2. The standard InChI is InChI=1S/C23H24O8/c1-22(2)29-17-18(24)23(31-21(17)30-22,13-27-19(25)15-9-5-3-6-10-15)14-28-20(26)16-11-7-4-8-12-16/h3-12,17-18,21,24H,13-14H2,1-2H3/t17-,18-,21+/m1/s1. The molecule has 3 atom stereocenters. The van der Waals surface area contributed by atoms with Gasteiger partial charge in [-0.2, -0.15) is 0 Å². The van der Waals surface area contributed by atoms with Crippen molar-refractivity contribution in [2.24, 2.45) is 0 Å². The molecule has 2 aromatic rings. The predicted octanol–water partition coefficient (Wildman–Crippen LogP) is 2.31. The summed E-state index contributed by atoms with van der Waals surface area (Å²) < 4.78 is 28.2. The van der Waals surface area contributed by atoms with Crippen LogP contribution in [-0.4, -0.2) is 60.1 Å². The van der Waals surface area contributed by atoms with Crippen molar-refractivity contribution in [1.82, 2.24) is 0 Å². The first-order chi connectivity index (χ1) is 14.8. The van der Waals surface area contributed by atoms with E-state index in [1.807, 2.05) is 0 Å². The van der Waals surface area contributed by atoms with Gasteiger partial charge in [-0.25, -0.2) is 9.59 Å². The van der Waals surface area contributed by atoms with E-state index in [-0.39, 0.29) is 13.2 Å². The van der Waals surface area contributed by atoms with Gasteiger partial charge in [0.25, 0.3) is 0 Å². The van der Waals surface area contributed by atoms with Crippen LogP contribution in [0.1, 0.15) is 34.6 Å². The van der Waals surface area contributed by atoms with Gasteiger partial charge in [0, 0.05) is 0 Å². The summed E-state index contributed by atoms with van der Waals surface area (Å²) in [6, 6.07) is 16.9. The largest absolute Gasteiger partial charge is 0.459 e. The molecule has 2 aliphatic rings. The summed E-state index contributed by atoms with van der Waals surface area (Å²) in [6.45, 7) is 2.69. The van der Waals surface area contributed by atoms with Crippen LogP contribution in [0, 0.1) is 0 Å². The van der Waals surface area contributed by atoms with Crippen molar-refractivity contribution in [3.63, 3.8) is 0 Å². The molecule has 4 rings (SSSR count). The molecule has 0 saturated carbocycles. The van der Waals surface area contributed by atoms with Crippen molar-refractivity contribution in [2.45, 2.75) is 43.7 Å². The van der Waals surface area contributed by atoms with Gasteiger partial charge in [0.15, 0.2) is 17.7 Å². The summed E-state index contributed by atoms with van der Waals surface area (Å²) in [5.74, 6) is -2.13. The molecule has 31 heavy (non-hydrogen) atoms. The lowest BCUT2D eigenvalue weighted by Crippen LogP contribution is -2.52. The molecule has 164 valence electrons. The molecule has 1 N–H and O–H groups in total. The summed E-state index contributed by atoms with van der Waals surface area (Å²) in [7, 11) is 0. The Hall–Kier alpha value is -2.78. The van der Waals surface area contributed by atoms with E-state index in [1.54, 1.807) is 74.5 Å². The maximum atomic E-state index is 12.4. The summed E-state index contributed by atoms with van der Waals surface area (Å²) in [6.07, 6.45) is -2.97. The van der Waals surface area contributed by atoms with E-state index >= 15 is 0 Å². The van der Waals surface area contributed by atoms with Crippen molar-refractivity contribution in [2.75, 3.05) is 13.2 Å². The fourth-order valence-corrected chi connectivity index (χ4v) is 3.63. The minimum Gasteiger partial charge on any atom is -0.459 e. The number of aliphatic hydroxyl groups excluding tert-OH is 1. The Kier molecular flexibility index (Phi) is 5.81. The van der Waals surface area contributed by atoms with E-state index in [0.29, 0.717) is 11.1 Å². The van der Waals surface area contributed by atoms with Gasteiger partial charge < -0.3 is 28.8 Å². The zero-order chi connectivity index (χ0) is 22.1. The minimum atomic E-state index is -1.54. The highest BCUT2D eigenvalue weighted by Gasteiger charge is 2.62. The van der Waals surface area contributed by atoms with Crippen molar-refractivity contribution in [1.29, 1.82) is 0 Å². The quantitative estimate of drug-likeness (QED) is 0.700. The van der Waals surface area contributed by atoms with Crippen molar-refractivity contribution in [3.8, 4) is 0 Å². The fraction of sp³-hybridized carbons (Fsp3) is 0.391. The second-order valence-electron chi connectivity index (χ2n) is 7.98. The molecule has 2 aromatic carbocycles. The van der Waals surface area contributed by atoms with E-state index < -0.39 is 41.8 Å². The molecular formula is C23H24O8. The third-order valence-corrected chi connectivity index (χ3v) is 5.20. The first-order valence-corrected chi connectivity index (χ1v) is 9.96. The maximum absolute atomic E-state index is 12.4. The Bertz CT molecular complexity index is 872. The Morgan fingerprint density at radius 3 is 1.77 bits per heavy atom. The first kappa shape index (κ1) is 21.5. The lowest BCUT2D eigenvalue weighted by Gasteiger charge is -2.33. The smallest absolute Gasteiger partial charge is 0.338 e. The highest BCUT2D eigenvalue weighted by atomic mass is 16.8. The topological polar surface area (TPSA) is 101 Å². The highest BCUT2D eigenvalue weighted by molar-refractivity contribution is 5.90. The number of aliphatic hydroxyl groups is 1. The van der Waals surface area contributed by atoms with Crippen LogP contribution in [0.5, 0.6) is 0 Å². The number of ether oxygens (including phenoxy) is 5. The molecule has 0 spiro atoms. The van der Waals surface area contributed by atoms with E-state index in [2.05, 4.69) is 0 Å². The number of benzene rings is 2. The van der Waals surface area contributed by atoms with E-state index in [4.69, 9.17) is 23.7 Å². The molecule has 0 bridgehead atoms. The molecule has 0 amide bonds. The molecule has 8 heteroatoms. The van der Waals surface area contributed by atoms with Crippen LogP contribution in [0.2, 0.25) is 0 Å². The number of fused-ring (bicyclic) bond motifs is 1. The van der Waals surface area contributed by atoms with Crippen molar-refractivity contribution < 1.29 is 38.4 Å². The third-order valence-electron chi connectivity index (χ3n) is 5.20. The van der Waals surface area contributed by atoms with E-state index in [1.165, 1.54) is 0 Å². The van der Waals surface area contributed by atoms with Crippen LogP contribution in [0.3, 0.4) is 0 Å². The van der Waals surface area contributed by atoms with Gasteiger partial charge in [0.05, 0.1) is 11.1 Å². The van der Waals surface area contributed by atoms with Gasteiger partial charge in [0.2, 0.25) is 0 Å². The summed E-state index contributed by atoms with van der Waals surface area (Å²) in [4.78, 5) is 24.9. The SMILES string of the molecule is CC1(C)O[C@H]2OC(COC(=O)c3ccccc3)(COC(=O)c3ccccc3)[C@H](O)[C@H]2O1. The predicted molar refractivity (Wildman–Crippen MR) is 107 cm³/mol. The lowest BCUT2D eigenvalue weighted by atomic mass is 9.97. The summed E-state index contributed by atoms with van der Waals surface area (Å²) in [5, 5.41) is 11.0. The summed E-state index contributed by atoms with van der Waals surface area (Å²) in [5.41, 5.74) is -0.846. The molecular weight excluding hydrogens is 404 g/mol. The third kappa shape index (κ3) is 4.47. The molecule has 0 aromatic heterocycles. The Morgan fingerprint density at radius 2 is 1.32 bits per heavy atom. The van der Waals surface area contributed by atoms with Crippen LogP contribution in [0.25, 0.3) is 0 Å². The normalized spacial score (nSPS) is 25.6. The fourth-order valence-electron chi connectivity index (χ4n) is 3.63. The number of hydrogen-bond donors (Lipinski definition) is 1. The molecule has 0 aliphatic carbocycles. The molecule has 0 radical (unpaired) electrons. The zero-order valence-corrected chi connectivity index (χ0v) is 17.2. The average molecular weight is 428 g/mol. The van der Waals surface area contributed by atoms with Gasteiger partial charge in [0.1, 0.15) is 25.4 Å². The molecule has 2 heterocycles. The van der Waals surface area contributed by atoms with E-state index in [0.717, 1.165) is 0 Å². The van der Waals surface area contributed by atoms with Crippen LogP contribution in [-0.2, 0) is 23.7 Å². The van der Waals surface area contributed by atoms with Gasteiger partial charge in [-0.3, -0.25) is 0 Å². The summed E-state index contributed by atoms with van der Waals surface area (Å²) >= 11 is 0. The number of hydrogen-bond acceptors (Lipinski definition) is 8. The van der Waals surface area contributed by atoms with Crippen LogP contribution < -0.4 is 0 Å². The van der Waals surface area contributed by atoms with Crippen LogP contribution in [0.15, 0.2) is 60.7 Å². The molecule has 2 aliphatic heterocycles. The zero-order valence-electron chi connectivity index (χ0n) is 17.2. The highest BCUT2D eigenvalue weighted by Crippen LogP contribution is 2.42. The molecule has 2 saturated heterocycles. The average Bonchev–Trinajstić information content (AvgIpc) is 3.21. The second-order valence-corrected chi connectivity index (χ2v) is 7.98.